The molecule has 0 saturated carbocycles. The molecule has 0 aliphatic heterocycles. The molecule has 0 aliphatic carbocycles. The van der Waals surface area contributed by atoms with Crippen molar-refractivity contribution < 1.29 is 24.2 Å². The molecule has 0 radical (unpaired) electrons. The molecule has 2 aromatic heterocycles. The molecule has 4 rings (SSSR count). The quantitative estimate of drug-likeness (QED) is 0.148. The third-order valence-corrected chi connectivity index (χ3v) is 6.96. The molecule has 2 aromatic carbocycles. The number of fused-ring (bicyclic) bond motifs is 4. The van der Waals surface area contributed by atoms with Crippen LogP contribution >= 0.6 is 24.8 Å². The SMILES string of the molecule is Cc1c(OC(=O)CCCCC(=O)O)ccc2c1c1cc3c(C(=O)NCCN(C)C)nccc3c(C)c1n2C.Cl.Cl. The van der Waals surface area contributed by atoms with Crippen molar-refractivity contribution >= 4 is 75.2 Å². The molecule has 0 spiro atoms. The van der Waals surface area contributed by atoms with E-state index in [0.29, 0.717) is 30.8 Å². The number of aromatic nitrogens is 2. The van der Waals surface area contributed by atoms with Crippen LogP contribution in [0.5, 0.6) is 5.75 Å². The number of amides is 1. The highest BCUT2D eigenvalue weighted by Gasteiger charge is 2.20. The summed E-state index contributed by atoms with van der Waals surface area (Å²) < 4.78 is 7.81. The molecule has 0 fully saturated rings. The number of benzene rings is 2. The van der Waals surface area contributed by atoms with E-state index in [1.165, 1.54) is 0 Å². The average Bonchev–Trinajstić information content (AvgIpc) is 3.15. The lowest BCUT2D eigenvalue weighted by atomic mass is 9.98. The van der Waals surface area contributed by atoms with Crippen LogP contribution in [0, 0.1) is 13.8 Å². The molecule has 216 valence electrons. The van der Waals surface area contributed by atoms with Gasteiger partial charge in [-0.15, -0.1) is 24.8 Å². The Bertz CT molecular complexity index is 1570. The number of rotatable bonds is 10. The Labute approximate surface area is 245 Å². The number of carbonyl (C=O) groups excluding carboxylic acids is 2. The monoisotopic (exact) mass is 590 g/mol. The van der Waals surface area contributed by atoms with Crippen molar-refractivity contribution in [2.45, 2.75) is 39.5 Å². The number of hydrogen-bond acceptors (Lipinski definition) is 6. The number of nitrogens with one attached hydrogen (secondary N) is 1. The summed E-state index contributed by atoms with van der Waals surface area (Å²) in [6.45, 7) is 5.21. The van der Waals surface area contributed by atoms with E-state index in [-0.39, 0.29) is 49.5 Å². The molecule has 4 aromatic rings. The number of esters is 1. The highest BCUT2D eigenvalue weighted by Crippen LogP contribution is 2.39. The summed E-state index contributed by atoms with van der Waals surface area (Å²) in [5.41, 5.74) is 4.27. The number of likely N-dealkylation sites (N-methyl/N-ethyl adjacent to an activating group) is 1. The molecule has 9 nitrogen and oxygen atoms in total. The Morgan fingerprint density at radius 1 is 1.00 bits per heavy atom. The van der Waals surface area contributed by atoms with Crippen LogP contribution in [0.2, 0.25) is 0 Å². The Hall–Kier alpha value is -3.40. The number of pyridine rings is 1. The van der Waals surface area contributed by atoms with Crippen LogP contribution in [-0.4, -0.2) is 64.6 Å². The lowest BCUT2D eigenvalue weighted by molar-refractivity contribution is -0.138. The van der Waals surface area contributed by atoms with Crippen LogP contribution in [0.4, 0.5) is 0 Å². The Balaban J connectivity index is 0.00000280. The lowest BCUT2D eigenvalue weighted by Gasteiger charge is -2.12. The number of ether oxygens (including phenoxy) is 1. The van der Waals surface area contributed by atoms with Crippen molar-refractivity contribution in [1.82, 2.24) is 19.8 Å². The van der Waals surface area contributed by atoms with Gasteiger partial charge >= 0.3 is 11.9 Å². The van der Waals surface area contributed by atoms with Crippen molar-refractivity contribution in [2.75, 3.05) is 27.2 Å². The van der Waals surface area contributed by atoms with Gasteiger partial charge in [0.2, 0.25) is 0 Å². The number of unbranched alkanes of at least 4 members (excludes halogenated alkanes) is 1. The number of hydrogen-bond donors (Lipinski definition) is 2. The minimum atomic E-state index is -0.872. The third kappa shape index (κ3) is 6.66. The summed E-state index contributed by atoms with van der Waals surface area (Å²) in [6, 6.07) is 7.68. The number of aryl methyl sites for hydroxylation is 3. The maximum atomic E-state index is 13.1. The zero-order valence-electron chi connectivity index (χ0n) is 23.4. The van der Waals surface area contributed by atoms with E-state index in [1.54, 1.807) is 12.3 Å². The minimum absolute atomic E-state index is 0. The number of aliphatic carboxylic acids is 1. The fraction of sp³-hybridized carbons (Fsp3) is 0.379. The van der Waals surface area contributed by atoms with Crippen molar-refractivity contribution in [1.29, 1.82) is 0 Å². The number of carboxylic acids is 1. The van der Waals surface area contributed by atoms with E-state index in [9.17, 15) is 14.4 Å². The topological polar surface area (TPSA) is 114 Å². The van der Waals surface area contributed by atoms with Gasteiger partial charge in [-0.2, -0.15) is 0 Å². The summed E-state index contributed by atoms with van der Waals surface area (Å²) in [5.74, 6) is -1.01. The first-order valence-corrected chi connectivity index (χ1v) is 12.8. The van der Waals surface area contributed by atoms with E-state index in [1.807, 2.05) is 58.1 Å². The van der Waals surface area contributed by atoms with Gasteiger partial charge in [0.15, 0.2) is 0 Å². The van der Waals surface area contributed by atoms with Crippen molar-refractivity contribution in [3.63, 3.8) is 0 Å². The fourth-order valence-electron chi connectivity index (χ4n) is 5.02. The molecule has 0 atom stereocenters. The minimum Gasteiger partial charge on any atom is -0.481 e. The van der Waals surface area contributed by atoms with Gasteiger partial charge in [0.25, 0.3) is 5.91 Å². The molecular weight excluding hydrogens is 555 g/mol. The van der Waals surface area contributed by atoms with Crippen molar-refractivity contribution in [2.24, 2.45) is 7.05 Å². The first kappa shape index (κ1) is 32.8. The van der Waals surface area contributed by atoms with Gasteiger partial charge in [-0.05, 0) is 76.0 Å². The van der Waals surface area contributed by atoms with Gasteiger partial charge in [0.1, 0.15) is 11.4 Å². The van der Waals surface area contributed by atoms with Crippen LogP contribution in [0.1, 0.15) is 47.3 Å². The molecule has 0 unspecified atom stereocenters. The standard InChI is InChI=1S/C29H34N4O5.2ClH/c1-17-19-12-13-30-27(29(37)31-14-15-32(3)4)20(19)16-21-26-18(2)23(11-10-22(26)33(5)28(17)21)38-25(36)9-7-6-8-24(34)35;;/h10-13,16H,6-9,14-15H2,1-5H3,(H,31,37)(H,34,35);2*1H. The van der Waals surface area contributed by atoms with Gasteiger partial charge < -0.3 is 24.6 Å². The van der Waals surface area contributed by atoms with E-state index >= 15 is 0 Å². The zero-order valence-corrected chi connectivity index (χ0v) is 25.0. The Morgan fingerprint density at radius 3 is 2.38 bits per heavy atom. The summed E-state index contributed by atoms with van der Waals surface area (Å²) in [6.07, 6.45) is 2.74. The van der Waals surface area contributed by atoms with E-state index < -0.39 is 5.97 Å². The predicted octanol–water partition coefficient (Wildman–Crippen LogP) is 5.18. The van der Waals surface area contributed by atoms with Crippen molar-refractivity contribution in [3.05, 3.63) is 47.3 Å². The van der Waals surface area contributed by atoms with Crippen LogP contribution in [0.25, 0.3) is 32.6 Å². The first-order chi connectivity index (χ1) is 18.1. The summed E-state index contributed by atoms with van der Waals surface area (Å²) in [5, 5.41) is 15.4. The molecular formula is C29H36Cl2N4O5. The van der Waals surface area contributed by atoms with Crippen LogP contribution in [0.3, 0.4) is 0 Å². The molecule has 0 saturated heterocycles. The predicted molar refractivity (Wildman–Crippen MR) is 162 cm³/mol. The normalized spacial score (nSPS) is 10.9. The number of carbonyl (C=O) groups is 3. The first-order valence-electron chi connectivity index (χ1n) is 12.8. The molecule has 0 bridgehead atoms. The summed E-state index contributed by atoms with van der Waals surface area (Å²) in [4.78, 5) is 42.6. The fourth-order valence-corrected chi connectivity index (χ4v) is 5.02. The van der Waals surface area contributed by atoms with E-state index in [2.05, 4.69) is 14.9 Å². The van der Waals surface area contributed by atoms with E-state index in [4.69, 9.17) is 9.84 Å². The van der Waals surface area contributed by atoms with Gasteiger partial charge in [0.05, 0.1) is 5.52 Å². The largest absolute Gasteiger partial charge is 0.481 e. The van der Waals surface area contributed by atoms with Gasteiger partial charge in [-0.1, -0.05) is 0 Å². The second-order valence-electron chi connectivity index (χ2n) is 9.93. The van der Waals surface area contributed by atoms with Gasteiger partial charge in [-0.25, -0.2) is 0 Å². The highest BCUT2D eigenvalue weighted by molar-refractivity contribution is 6.18. The molecule has 1 amide bonds. The second-order valence-corrected chi connectivity index (χ2v) is 9.93. The van der Waals surface area contributed by atoms with Crippen molar-refractivity contribution in [3.8, 4) is 5.75 Å². The molecule has 40 heavy (non-hydrogen) atoms. The molecule has 0 aliphatic rings. The second kappa shape index (κ2) is 13.8. The average molecular weight is 592 g/mol. The lowest BCUT2D eigenvalue weighted by Crippen LogP contribution is -2.31. The Morgan fingerprint density at radius 2 is 1.70 bits per heavy atom. The van der Waals surface area contributed by atoms with Crippen LogP contribution < -0.4 is 10.1 Å². The maximum absolute atomic E-state index is 13.1. The number of halogens is 2. The van der Waals surface area contributed by atoms with Crippen LogP contribution in [0.15, 0.2) is 30.5 Å². The number of carboxylic acid groups (broad SMARTS) is 1. The molecule has 2 N–H and O–H groups in total. The van der Waals surface area contributed by atoms with E-state index in [0.717, 1.165) is 50.2 Å². The zero-order chi connectivity index (χ0) is 27.6. The highest BCUT2D eigenvalue weighted by atomic mass is 35.5. The Kier molecular flexibility index (Phi) is 11.3. The molecule has 11 heteroatoms. The maximum Gasteiger partial charge on any atom is 0.311 e. The summed E-state index contributed by atoms with van der Waals surface area (Å²) in [7, 11) is 5.92. The third-order valence-electron chi connectivity index (χ3n) is 6.96. The number of nitrogens with zero attached hydrogens (tertiary/aromatic N) is 3. The van der Waals surface area contributed by atoms with Gasteiger partial charge in [0, 0.05) is 66.4 Å². The van der Waals surface area contributed by atoms with Crippen LogP contribution in [-0.2, 0) is 16.6 Å². The molecule has 2 heterocycles. The smallest absolute Gasteiger partial charge is 0.311 e. The summed E-state index contributed by atoms with van der Waals surface area (Å²) >= 11 is 0. The van der Waals surface area contributed by atoms with Gasteiger partial charge in [-0.3, -0.25) is 19.4 Å².